The Morgan fingerprint density at radius 3 is 2.62 bits per heavy atom. The van der Waals surface area contributed by atoms with Gasteiger partial charge in [0.15, 0.2) is 0 Å². The predicted octanol–water partition coefficient (Wildman–Crippen LogP) is 2.89. The molecule has 2 saturated heterocycles. The Morgan fingerprint density at radius 1 is 1.29 bits per heavy atom. The van der Waals surface area contributed by atoms with Crippen molar-refractivity contribution in [3.63, 3.8) is 0 Å². The highest BCUT2D eigenvalue weighted by Crippen LogP contribution is 2.49. The summed E-state index contributed by atoms with van der Waals surface area (Å²) < 4.78 is 11.9. The van der Waals surface area contributed by atoms with Gasteiger partial charge in [-0.05, 0) is 31.6 Å². The van der Waals surface area contributed by atoms with E-state index in [1.54, 1.807) is 0 Å². The van der Waals surface area contributed by atoms with Crippen LogP contribution in [0.2, 0.25) is 0 Å². The van der Waals surface area contributed by atoms with Crippen LogP contribution in [-0.2, 0) is 19.1 Å². The third-order valence-electron chi connectivity index (χ3n) is 5.02. The van der Waals surface area contributed by atoms with Gasteiger partial charge in [-0.15, -0.1) is 0 Å². The second-order valence-corrected chi connectivity index (χ2v) is 7.10. The SMILES string of the molecule is CC[C@H]1[C@@H](CC(C)C)NOC12OC1(CCCCC1)OC2=O. The molecule has 1 aliphatic carbocycles. The van der Waals surface area contributed by atoms with Gasteiger partial charge in [0.2, 0.25) is 5.79 Å². The van der Waals surface area contributed by atoms with Gasteiger partial charge in [0.1, 0.15) is 0 Å². The van der Waals surface area contributed by atoms with E-state index in [1.807, 2.05) is 0 Å². The smallest absolute Gasteiger partial charge is 0.371 e. The van der Waals surface area contributed by atoms with E-state index >= 15 is 0 Å². The lowest BCUT2D eigenvalue weighted by molar-refractivity contribution is -0.281. The molecule has 1 unspecified atom stereocenters. The van der Waals surface area contributed by atoms with Crippen molar-refractivity contribution < 1.29 is 19.1 Å². The highest BCUT2D eigenvalue weighted by molar-refractivity contribution is 5.80. The van der Waals surface area contributed by atoms with E-state index in [2.05, 4.69) is 26.3 Å². The second kappa shape index (κ2) is 5.52. The van der Waals surface area contributed by atoms with Crippen molar-refractivity contribution in [2.45, 2.75) is 83.3 Å². The topological polar surface area (TPSA) is 56.8 Å². The van der Waals surface area contributed by atoms with E-state index in [4.69, 9.17) is 14.3 Å². The van der Waals surface area contributed by atoms with Gasteiger partial charge >= 0.3 is 5.97 Å². The van der Waals surface area contributed by atoms with Crippen LogP contribution in [0.15, 0.2) is 0 Å². The lowest BCUT2D eigenvalue weighted by Crippen LogP contribution is -2.45. The Hall–Kier alpha value is -0.650. The zero-order valence-electron chi connectivity index (χ0n) is 13.3. The molecule has 5 nitrogen and oxygen atoms in total. The van der Waals surface area contributed by atoms with Gasteiger partial charge in [-0.3, -0.25) is 9.57 Å². The molecule has 0 radical (unpaired) electrons. The minimum atomic E-state index is -1.23. The van der Waals surface area contributed by atoms with Crippen molar-refractivity contribution in [3.05, 3.63) is 0 Å². The third kappa shape index (κ3) is 2.49. The predicted molar refractivity (Wildman–Crippen MR) is 77.0 cm³/mol. The summed E-state index contributed by atoms with van der Waals surface area (Å²) >= 11 is 0. The highest BCUT2D eigenvalue weighted by Gasteiger charge is 2.67. The number of nitrogens with one attached hydrogen (secondary N) is 1. The molecule has 0 aromatic heterocycles. The van der Waals surface area contributed by atoms with Crippen LogP contribution in [0, 0.1) is 11.8 Å². The molecule has 0 amide bonds. The van der Waals surface area contributed by atoms with Crippen LogP contribution >= 0.6 is 0 Å². The first-order chi connectivity index (χ1) is 10.0. The molecule has 2 spiro atoms. The number of esters is 1. The first-order valence-electron chi connectivity index (χ1n) is 8.38. The quantitative estimate of drug-likeness (QED) is 0.812. The molecule has 2 heterocycles. The van der Waals surface area contributed by atoms with Crippen molar-refractivity contribution in [2.75, 3.05) is 0 Å². The number of carbonyl (C=O) groups is 1. The molecule has 1 N–H and O–H groups in total. The Morgan fingerprint density at radius 2 is 2.00 bits per heavy atom. The van der Waals surface area contributed by atoms with Crippen molar-refractivity contribution >= 4 is 5.97 Å². The normalized spacial score (nSPS) is 38.6. The lowest BCUT2D eigenvalue weighted by atomic mass is 9.85. The summed E-state index contributed by atoms with van der Waals surface area (Å²) in [5, 5.41) is 0. The summed E-state index contributed by atoms with van der Waals surface area (Å²) in [6, 6.07) is 0.140. The maximum absolute atomic E-state index is 12.6. The molecule has 3 rings (SSSR count). The number of ether oxygens (including phenoxy) is 2. The van der Waals surface area contributed by atoms with Crippen molar-refractivity contribution in [3.8, 4) is 0 Å². The molecule has 0 bridgehead atoms. The van der Waals surface area contributed by atoms with E-state index in [-0.39, 0.29) is 17.9 Å². The molecule has 120 valence electrons. The molecule has 5 heteroatoms. The number of carbonyl (C=O) groups excluding carboxylic acids is 1. The number of rotatable bonds is 3. The molecule has 2 aliphatic heterocycles. The minimum absolute atomic E-state index is 0.00806. The molecule has 21 heavy (non-hydrogen) atoms. The molecule has 3 aliphatic rings. The maximum atomic E-state index is 12.6. The van der Waals surface area contributed by atoms with Crippen molar-refractivity contribution in [2.24, 2.45) is 11.8 Å². The van der Waals surface area contributed by atoms with Crippen LogP contribution in [-0.4, -0.2) is 23.6 Å². The van der Waals surface area contributed by atoms with Crippen LogP contribution in [0.3, 0.4) is 0 Å². The van der Waals surface area contributed by atoms with Crippen LogP contribution in [0.4, 0.5) is 0 Å². The van der Waals surface area contributed by atoms with Gasteiger partial charge in [-0.1, -0.05) is 27.2 Å². The number of hydrogen-bond donors (Lipinski definition) is 1. The monoisotopic (exact) mass is 297 g/mol. The van der Waals surface area contributed by atoms with Crippen molar-refractivity contribution in [1.82, 2.24) is 5.48 Å². The summed E-state index contributed by atoms with van der Waals surface area (Å²) in [7, 11) is 0. The van der Waals surface area contributed by atoms with Gasteiger partial charge in [-0.25, -0.2) is 4.79 Å². The molecule has 1 saturated carbocycles. The van der Waals surface area contributed by atoms with Gasteiger partial charge < -0.3 is 4.74 Å². The van der Waals surface area contributed by atoms with Crippen LogP contribution < -0.4 is 5.48 Å². The number of hydrogen-bond acceptors (Lipinski definition) is 5. The van der Waals surface area contributed by atoms with Crippen LogP contribution in [0.1, 0.15) is 65.7 Å². The molecule has 3 fully saturated rings. The average molecular weight is 297 g/mol. The molecule has 0 aromatic carbocycles. The summed E-state index contributed by atoms with van der Waals surface area (Å²) in [5.74, 6) is -1.76. The van der Waals surface area contributed by atoms with E-state index in [0.29, 0.717) is 5.92 Å². The Balaban J connectivity index is 1.81. The maximum Gasteiger partial charge on any atom is 0.371 e. The van der Waals surface area contributed by atoms with Gasteiger partial charge in [-0.2, -0.15) is 5.48 Å². The summed E-state index contributed by atoms with van der Waals surface area (Å²) in [6.45, 7) is 6.43. The van der Waals surface area contributed by atoms with Crippen LogP contribution in [0.5, 0.6) is 0 Å². The summed E-state index contributed by atoms with van der Waals surface area (Å²) in [6.07, 6.45) is 6.64. The largest absolute Gasteiger partial charge is 0.429 e. The zero-order valence-corrected chi connectivity index (χ0v) is 13.3. The van der Waals surface area contributed by atoms with Gasteiger partial charge in [0, 0.05) is 24.8 Å². The Labute approximate surface area is 126 Å². The third-order valence-corrected chi connectivity index (χ3v) is 5.02. The average Bonchev–Trinajstić information content (AvgIpc) is 2.90. The standard InChI is InChI=1S/C16H27NO4/c1-4-12-13(10-11(2)3)17-21-16(12)14(18)19-15(20-16)8-6-5-7-9-15/h11-13,17H,4-10H2,1-3H3/t12-,13+,16?/m0/s1. The Kier molecular flexibility index (Phi) is 4.01. The fourth-order valence-corrected chi connectivity index (χ4v) is 4.02. The van der Waals surface area contributed by atoms with E-state index < -0.39 is 11.6 Å². The lowest BCUT2D eigenvalue weighted by Gasteiger charge is -2.32. The van der Waals surface area contributed by atoms with E-state index in [1.165, 1.54) is 6.42 Å². The van der Waals surface area contributed by atoms with Crippen LogP contribution in [0.25, 0.3) is 0 Å². The second-order valence-electron chi connectivity index (χ2n) is 7.10. The molecule has 3 atom stereocenters. The fourth-order valence-electron chi connectivity index (χ4n) is 4.02. The molecular weight excluding hydrogens is 270 g/mol. The number of hydroxylamine groups is 1. The minimum Gasteiger partial charge on any atom is -0.429 e. The Bertz CT molecular complexity index is 405. The highest BCUT2D eigenvalue weighted by atomic mass is 16.9. The molecular formula is C16H27NO4. The molecule has 0 aromatic rings. The van der Waals surface area contributed by atoms with Gasteiger partial charge in [0.05, 0.1) is 0 Å². The van der Waals surface area contributed by atoms with E-state index in [0.717, 1.165) is 38.5 Å². The van der Waals surface area contributed by atoms with Gasteiger partial charge in [0.25, 0.3) is 5.79 Å². The first kappa shape index (κ1) is 15.3. The first-order valence-corrected chi connectivity index (χ1v) is 8.38. The summed E-state index contributed by atoms with van der Waals surface area (Å²) in [5.41, 5.74) is 3.05. The fraction of sp³-hybridized carbons (Fsp3) is 0.938. The zero-order chi connectivity index (χ0) is 15.1. The van der Waals surface area contributed by atoms with E-state index in [9.17, 15) is 4.79 Å². The summed E-state index contributed by atoms with van der Waals surface area (Å²) in [4.78, 5) is 18.3. The van der Waals surface area contributed by atoms with Crippen molar-refractivity contribution in [1.29, 1.82) is 0 Å².